The molecule has 88 valence electrons. The van der Waals surface area contributed by atoms with Crippen LogP contribution < -0.4 is 5.73 Å². The molecule has 0 saturated carbocycles. The van der Waals surface area contributed by atoms with Gasteiger partial charge in [0.05, 0.1) is 4.47 Å². The minimum absolute atomic E-state index is 0.538. The molecule has 1 heterocycles. The van der Waals surface area contributed by atoms with Crippen molar-refractivity contribution in [1.82, 2.24) is 4.98 Å². The molecule has 0 spiro atoms. The number of halogens is 2. The van der Waals surface area contributed by atoms with Crippen LogP contribution in [0.5, 0.6) is 0 Å². The van der Waals surface area contributed by atoms with E-state index in [0.29, 0.717) is 6.54 Å². The second kappa shape index (κ2) is 6.00. The van der Waals surface area contributed by atoms with Crippen molar-refractivity contribution in [2.45, 2.75) is 16.5 Å². The van der Waals surface area contributed by atoms with Crippen molar-refractivity contribution in [3.8, 4) is 0 Å². The number of rotatable bonds is 3. The summed E-state index contributed by atoms with van der Waals surface area (Å²) in [5.41, 5.74) is 6.76. The lowest BCUT2D eigenvalue weighted by Crippen LogP contribution is -1.96. The van der Waals surface area contributed by atoms with E-state index < -0.39 is 0 Å². The summed E-state index contributed by atoms with van der Waals surface area (Å²) in [6.45, 7) is 0.538. The van der Waals surface area contributed by atoms with Crippen LogP contribution in [0.1, 0.15) is 5.56 Å². The zero-order valence-electron chi connectivity index (χ0n) is 8.86. The summed E-state index contributed by atoms with van der Waals surface area (Å²) < 4.78 is 2.04. The summed E-state index contributed by atoms with van der Waals surface area (Å²) >= 11 is 8.59. The van der Waals surface area contributed by atoms with Crippen molar-refractivity contribution in [1.29, 1.82) is 0 Å². The van der Waals surface area contributed by atoms with E-state index in [9.17, 15) is 0 Å². The first-order valence-corrected chi connectivity index (χ1v) is 7.37. The number of aromatic nitrogens is 1. The van der Waals surface area contributed by atoms with E-state index in [1.54, 1.807) is 18.0 Å². The van der Waals surface area contributed by atoms with Crippen LogP contribution in [0.25, 0.3) is 0 Å². The van der Waals surface area contributed by atoms with Gasteiger partial charge >= 0.3 is 0 Å². The molecule has 0 saturated heterocycles. The number of hydrogen-bond acceptors (Lipinski definition) is 3. The number of benzene rings is 1. The van der Waals surface area contributed by atoms with Crippen LogP contribution >= 0.6 is 43.6 Å². The number of pyridine rings is 1. The highest BCUT2D eigenvalue weighted by atomic mass is 79.9. The second-order valence-corrected chi connectivity index (χ2v) is 6.22. The highest BCUT2D eigenvalue weighted by Gasteiger charge is 2.05. The molecule has 0 atom stereocenters. The Morgan fingerprint density at radius 3 is 2.76 bits per heavy atom. The van der Waals surface area contributed by atoms with Crippen molar-refractivity contribution in [3.05, 3.63) is 51.0 Å². The largest absolute Gasteiger partial charge is 0.326 e. The van der Waals surface area contributed by atoms with E-state index in [1.807, 2.05) is 18.2 Å². The zero-order chi connectivity index (χ0) is 12.3. The van der Waals surface area contributed by atoms with Crippen molar-refractivity contribution < 1.29 is 0 Å². The summed E-state index contributed by atoms with van der Waals surface area (Å²) in [5, 5.41) is 0.952. The molecule has 1 aromatic heterocycles. The van der Waals surface area contributed by atoms with Crippen molar-refractivity contribution in [2.75, 3.05) is 0 Å². The predicted molar refractivity (Wildman–Crippen MR) is 78.1 cm³/mol. The van der Waals surface area contributed by atoms with Crippen LogP contribution in [0.2, 0.25) is 0 Å². The predicted octanol–water partition coefficient (Wildman–Crippen LogP) is 4.22. The summed E-state index contributed by atoms with van der Waals surface area (Å²) in [6.07, 6.45) is 1.79. The van der Waals surface area contributed by atoms with Crippen LogP contribution in [0.4, 0.5) is 0 Å². The molecular formula is C12H10Br2N2S. The van der Waals surface area contributed by atoms with Gasteiger partial charge < -0.3 is 5.73 Å². The average molecular weight is 374 g/mol. The van der Waals surface area contributed by atoms with Gasteiger partial charge in [-0.2, -0.15) is 0 Å². The maximum atomic E-state index is 5.66. The van der Waals surface area contributed by atoms with Gasteiger partial charge in [-0.3, -0.25) is 0 Å². The molecule has 0 unspecified atom stereocenters. The number of nitrogens with zero attached hydrogens (tertiary/aromatic N) is 1. The van der Waals surface area contributed by atoms with Gasteiger partial charge in [-0.05, 0) is 51.8 Å². The molecule has 2 N–H and O–H groups in total. The summed E-state index contributed by atoms with van der Waals surface area (Å²) in [5.74, 6) is 0. The fourth-order valence-corrected chi connectivity index (χ4v) is 3.44. The SMILES string of the molecule is NCc1cc(Br)cc(Sc2ncccc2Br)c1. The third-order valence-electron chi connectivity index (χ3n) is 2.11. The Hall–Kier alpha value is -0.360. The van der Waals surface area contributed by atoms with Crippen LogP contribution in [0.15, 0.2) is 55.4 Å². The molecule has 0 aliphatic heterocycles. The molecule has 2 rings (SSSR count). The molecule has 0 bridgehead atoms. The van der Waals surface area contributed by atoms with E-state index in [4.69, 9.17) is 5.73 Å². The van der Waals surface area contributed by atoms with Crippen molar-refractivity contribution in [3.63, 3.8) is 0 Å². The minimum Gasteiger partial charge on any atom is -0.326 e. The lowest BCUT2D eigenvalue weighted by atomic mass is 10.2. The monoisotopic (exact) mass is 372 g/mol. The lowest BCUT2D eigenvalue weighted by Gasteiger charge is -2.06. The maximum absolute atomic E-state index is 5.66. The molecule has 2 nitrogen and oxygen atoms in total. The minimum atomic E-state index is 0.538. The highest BCUT2D eigenvalue weighted by Crippen LogP contribution is 2.33. The van der Waals surface area contributed by atoms with Crippen LogP contribution in [-0.4, -0.2) is 4.98 Å². The Morgan fingerprint density at radius 1 is 1.24 bits per heavy atom. The first kappa shape index (κ1) is 13.1. The van der Waals surface area contributed by atoms with Gasteiger partial charge in [-0.1, -0.05) is 27.7 Å². The van der Waals surface area contributed by atoms with Gasteiger partial charge in [-0.15, -0.1) is 0 Å². The van der Waals surface area contributed by atoms with Crippen molar-refractivity contribution >= 4 is 43.6 Å². The number of hydrogen-bond donors (Lipinski definition) is 1. The van der Waals surface area contributed by atoms with Crippen LogP contribution in [-0.2, 0) is 6.54 Å². The fraction of sp³-hybridized carbons (Fsp3) is 0.0833. The van der Waals surface area contributed by atoms with Gasteiger partial charge in [-0.25, -0.2) is 4.98 Å². The first-order chi connectivity index (χ1) is 8.19. The molecule has 0 amide bonds. The molecule has 0 fully saturated rings. The van der Waals surface area contributed by atoms with E-state index in [-0.39, 0.29) is 0 Å². The number of nitrogens with two attached hydrogens (primary N) is 1. The van der Waals surface area contributed by atoms with Gasteiger partial charge in [0.25, 0.3) is 0 Å². The third-order valence-corrected chi connectivity index (χ3v) is 4.46. The summed E-state index contributed by atoms with van der Waals surface area (Å²) in [4.78, 5) is 5.45. The van der Waals surface area contributed by atoms with Gasteiger partial charge in [0.1, 0.15) is 5.03 Å². The van der Waals surface area contributed by atoms with E-state index in [2.05, 4.69) is 49.0 Å². The lowest BCUT2D eigenvalue weighted by molar-refractivity contribution is 1.05. The van der Waals surface area contributed by atoms with Gasteiger partial charge in [0.15, 0.2) is 0 Å². The Morgan fingerprint density at radius 2 is 2.06 bits per heavy atom. The normalized spacial score (nSPS) is 10.5. The van der Waals surface area contributed by atoms with Gasteiger partial charge in [0, 0.05) is 22.1 Å². The molecule has 0 aliphatic carbocycles. The average Bonchev–Trinajstić information content (AvgIpc) is 2.31. The molecule has 0 aliphatic rings. The smallest absolute Gasteiger partial charge is 0.115 e. The van der Waals surface area contributed by atoms with Crippen LogP contribution in [0.3, 0.4) is 0 Å². The summed E-state index contributed by atoms with van der Waals surface area (Å²) in [7, 11) is 0. The van der Waals surface area contributed by atoms with E-state index in [0.717, 1.165) is 24.4 Å². The third kappa shape index (κ3) is 3.55. The fourth-order valence-electron chi connectivity index (χ4n) is 1.36. The Kier molecular flexibility index (Phi) is 4.62. The van der Waals surface area contributed by atoms with Crippen molar-refractivity contribution in [2.24, 2.45) is 5.73 Å². The second-order valence-electron chi connectivity index (χ2n) is 3.39. The Balaban J connectivity index is 2.30. The van der Waals surface area contributed by atoms with Gasteiger partial charge in [0.2, 0.25) is 0 Å². The Labute approximate surface area is 121 Å². The van der Waals surface area contributed by atoms with E-state index in [1.165, 1.54) is 0 Å². The molecular weight excluding hydrogens is 364 g/mol. The first-order valence-electron chi connectivity index (χ1n) is 4.97. The maximum Gasteiger partial charge on any atom is 0.115 e. The quantitative estimate of drug-likeness (QED) is 0.875. The molecule has 2 aromatic rings. The highest BCUT2D eigenvalue weighted by molar-refractivity contribution is 9.10. The molecule has 17 heavy (non-hydrogen) atoms. The standard InChI is InChI=1S/C12H10Br2N2S/c13-9-4-8(7-15)5-10(6-9)17-12-11(14)2-1-3-16-12/h1-6H,7,15H2. The zero-order valence-corrected chi connectivity index (χ0v) is 12.8. The summed E-state index contributed by atoms with van der Waals surface area (Å²) in [6, 6.07) is 10.1. The molecule has 1 aromatic carbocycles. The van der Waals surface area contributed by atoms with E-state index >= 15 is 0 Å². The topological polar surface area (TPSA) is 38.9 Å². The molecule has 0 radical (unpaired) electrons. The Bertz CT molecular complexity index is 532. The van der Waals surface area contributed by atoms with Crippen LogP contribution in [0, 0.1) is 0 Å². The molecule has 5 heteroatoms.